The molecule has 0 heterocycles. The van der Waals surface area contributed by atoms with Crippen LogP contribution in [0.1, 0.15) is 5.56 Å². The van der Waals surface area contributed by atoms with E-state index in [0.29, 0.717) is 16.1 Å². The molecule has 0 fully saturated rings. The molecule has 21 heavy (non-hydrogen) atoms. The van der Waals surface area contributed by atoms with Gasteiger partial charge in [0.05, 0.1) is 16.3 Å². The summed E-state index contributed by atoms with van der Waals surface area (Å²) >= 11 is 3.24. The van der Waals surface area contributed by atoms with Crippen molar-refractivity contribution in [2.45, 2.75) is 11.8 Å². The molecule has 0 aromatic heterocycles. The minimum Gasteiger partial charge on any atom is -0.397 e. The lowest BCUT2D eigenvalue weighted by Crippen LogP contribution is -2.15. The van der Waals surface area contributed by atoms with Crippen LogP contribution in [0.25, 0.3) is 0 Å². The number of aryl methyl sites for hydroxylation is 1. The summed E-state index contributed by atoms with van der Waals surface area (Å²) < 4.78 is 53.4. The lowest BCUT2D eigenvalue weighted by Gasteiger charge is -2.13. The van der Waals surface area contributed by atoms with Crippen LogP contribution in [0.5, 0.6) is 0 Å². The summed E-state index contributed by atoms with van der Waals surface area (Å²) in [5.41, 5.74) is 6.77. The molecule has 8 heteroatoms. The van der Waals surface area contributed by atoms with Gasteiger partial charge >= 0.3 is 0 Å². The van der Waals surface area contributed by atoms with Crippen molar-refractivity contribution >= 4 is 37.3 Å². The molecule has 0 saturated carbocycles. The summed E-state index contributed by atoms with van der Waals surface area (Å²) in [5, 5.41) is 0. The van der Waals surface area contributed by atoms with Crippen molar-refractivity contribution in [3.63, 3.8) is 0 Å². The van der Waals surface area contributed by atoms with Gasteiger partial charge in [0.15, 0.2) is 11.6 Å². The zero-order valence-electron chi connectivity index (χ0n) is 10.8. The molecule has 2 aromatic rings. The summed E-state index contributed by atoms with van der Waals surface area (Å²) in [6.07, 6.45) is 0. The van der Waals surface area contributed by atoms with E-state index in [0.717, 1.165) is 12.1 Å². The van der Waals surface area contributed by atoms with Crippen LogP contribution in [0.4, 0.5) is 20.2 Å². The molecule has 0 bridgehead atoms. The van der Waals surface area contributed by atoms with Crippen LogP contribution in [-0.4, -0.2) is 8.42 Å². The highest BCUT2D eigenvalue weighted by atomic mass is 79.9. The van der Waals surface area contributed by atoms with Gasteiger partial charge in [0.1, 0.15) is 0 Å². The molecule has 112 valence electrons. The maximum atomic E-state index is 13.2. The van der Waals surface area contributed by atoms with Crippen molar-refractivity contribution in [2.75, 3.05) is 10.5 Å². The SMILES string of the molecule is Cc1cc(Br)cc(N)c1NS(=O)(=O)c1ccc(F)c(F)c1. The highest BCUT2D eigenvalue weighted by Crippen LogP contribution is 2.30. The van der Waals surface area contributed by atoms with Gasteiger partial charge in [-0.15, -0.1) is 0 Å². The van der Waals surface area contributed by atoms with E-state index in [1.807, 2.05) is 0 Å². The predicted molar refractivity (Wildman–Crippen MR) is 80.5 cm³/mol. The van der Waals surface area contributed by atoms with Crippen molar-refractivity contribution in [3.05, 3.63) is 52.0 Å². The standard InChI is InChI=1S/C13H11BrF2N2O2S/c1-7-4-8(14)5-12(17)13(7)18-21(19,20)9-2-3-10(15)11(16)6-9/h2-6,18H,17H2,1H3. The Bertz CT molecular complexity index is 787. The second-order valence-corrected chi connectivity index (χ2v) is 6.97. The molecular weight excluding hydrogens is 366 g/mol. The molecule has 0 unspecified atom stereocenters. The van der Waals surface area contributed by atoms with Gasteiger partial charge in [-0.25, -0.2) is 17.2 Å². The van der Waals surface area contributed by atoms with E-state index in [1.54, 1.807) is 13.0 Å². The highest BCUT2D eigenvalue weighted by molar-refractivity contribution is 9.10. The Morgan fingerprint density at radius 3 is 2.38 bits per heavy atom. The Labute approximate surface area is 129 Å². The first-order valence-corrected chi connectivity index (χ1v) is 8.02. The Balaban J connectivity index is 2.44. The van der Waals surface area contributed by atoms with Crippen LogP contribution in [0.2, 0.25) is 0 Å². The average molecular weight is 377 g/mol. The average Bonchev–Trinajstić information content (AvgIpc) is 2.37. The topological polar surface area (TPSA) is 72.2 Å². The third-order valence-corrected chi connectivity index (χ3v) is 4.57. The van der Waals surface area contributed by atoms with E-state index in [-0.39, 0.29) is 16.3 Å². The van der Waals surface area contributed by atoms with E-state index < -0.39 is 21.7 Å². The molecule has 0 spiro atoms. The molecule has 0 aliphatic rings. The first kappa shape index (κ1) is 15.7. The summed E-state index contributed by atoms with van der Waals surface area (Å²) in [5.74, 6) is -2.35. The Hall–Kier alpha value is -1.67. The van der Waals surface area contributed by atoms with Gasteiger partial charge in [-0.3, -0.25) is 4.72 Å². The number of halogens is 3. The number of sulfonamides is 1. The van der Waals surface area contributed by atoms with Gasteiger partial charge in [-0.1, -0.05) is 15.9 Å². The van der Waals surface area contributed by atoms with Crippen molar-refractivity contribution in [3.8, 4) is 0 Å². The molecule has 0 radical (unpaired) electrons. The number of nitrogen functional groups attached to an aromatic ring is 1. The third kappa shape index (κ3) is 3.33. The maximum absolute atomic E-state index is 13.2. The highest BCUT2D eigenvalue weighted by Gasteiger charge is 2.19. The van der Waals surface area contributed by atoms with Crippen LogP contribution in [0.3, 0.4) is 0 Å². The summed E-state index contributed by atoms with van der Waals surface area (Å²) in [6.45, 7) is 1.67. The monoisotopic (exact) mass is 376 g/mol. The third-order valence-electron chi connectivity index (χ3n) is 2.77. The molecule has 0 saturated heterocycles. The molecule has 0 aliphatic heterocycles. The number of hydrogen-bond acceptors (Lipinski definition) is 3. The van der Waals surface area contributed by atoms with Crippen LogP contribution in [-0.2, 0) is 10.0 Å². The number of hydrogen-bond donors (Lipinski definition) is 2. The quantitative estimate of drug-likeness (QED) is 0.806. The minimum absolute atomic E-state index is 0.197. The van der Waals surface area contributed by atoms with E-state index in [1.165, 1.54) is 6.07 Å². The van der Waals surface area contributed by atoms with Gasteiger partial charge in [-0.05, 0) is 42.8 Å². The van der Waals surface area contributed by atoms with E-state index in [9.17, 15) is 17.2 Å². The number of nitrogens with two attached hydrogens (primary N) is 1. The molecule has 0 atom stereocenters. The van der Waals surface area contributed by atoms with Crippen molar-refractivity contribution in [1.29, 1.82) is 0 Å². The number of benzene rings is 2. The smallest absolute Gasteiger partial charge is 0.262 e. The summed E-state index contributed by atoms with van der Waals surface area (Å²) in [6, 6.07) is 5.56. The molecule has 0 aliphatic carbocycles. The van der Waals surface area contributed by atoms with Crippen LogP contribution in [0.15, 0.2) is 39.7 Å². The first-order valence-electron chi connectivity index (χ1n) is 5.74. The normalized spacial score (nSPS) is 11.4. The maximum Gasteiger partial charge on any atom is 0.262 e. The molecule has 2 aromatic carbocycles. The summed E-state index contributed by atoms with van der Waals surface area (Å²) in [4.78, 5) is -0.386. The second kappa shape index (κ2) is 5.61. The predicted octanol–water partition coefficient (Wildman–Crippen LogP) is 3.42. The Morgan fingerprint density at radius 2 is 1.81 bits per heavy atom. The second-order valence-electron chi connectivity index (χ2n) is 4.37. The fourth-order valence-electron chi connectivity index (χ4n) is 1.75. The first-order chi connectivity index (χ1) is 9.70. The zero-order valence-corrected chi connectivity index (χ0v) is 13.2. The van der Waals surface area contributed by atoms with E-state index in [2.05, 4.69) is 20.7 Å². The molecule has 0 amide bonds. The Kier molecular flexibility index (Phi) is 4.20. The van der Waals surface area contributed by atoms with E-state index >= 15 is 0 Å². The molecular formula is C13H11BrF2N2O2S. The molecule has 3 N–H and O–H groups in total. The van der Waals surface area contributed by atoms with Gasteiger partial charge in [0.25, 0.3) is 10.0 Å². The summed E-state index contributed by atoms with van der Waals surface area (Å²) in [7, 11) is -4.06. The molecule has 2 rings (SSSR count). The van der Waals surface area contributed by atoms with Crippen LogP contribution in [0, 0.1) is 18.6 Å². The number of rotatable bonds is 3. The fraction of sp³-hybridized carbons (Fsp3) is 0.0769. The van der Waals surface area contributed by atoms with Crippen molar-refractivity contribution in [2.24, 2.45) is 0 Å². The van der Waals surface area contributed by atoms with Crippen molar-refractivity contribution in [1.82, 2.24) is 0 Å². The van der Waals surface area contributed by atoms with Gasteiger partial charge in [0, 0.05) is 4.47 Å². The number of anilines is 2. The number of nitrogens with one attached hydrogen (secondary N) is 1. The largest absolute Gasteiger partial charge is 0.397 e. The van der Waals surface area contributed by atoms with E-state index in [4.69, 9.17) is 5.73 Å². The fourth-order valence-corrected chi connectivity index (χ4v) is 3.51. The lowest BCUT2D eigenvalue weighted by atomic mass is 10.2. The van der Waals surface area contributed by atoms with Gasteiger partial charge in [0.2, 0.25) is 0 Å². The Morgan fingerprint density at radius 1 is 1.14 bits per heavy atom. The minimum atomic E-state index is -4.06. The lowest BCUT2D eigenvalue weighted by molar-refractivity contribution is 0.504. The van der Waals surface area contributed by atoms with Crippen molar-refractivity contribution < 1.29 is 17.2 Å². The van der Waals surface area contributed by atoms with Gasteiger partial charge in [-0.2, -0.15) is 0 Å². The van der Waals surface area contributed by atoms with Crippen LogP contribution >= 0.6 is 15.9 Å². The van der Waals surface area contributed by atoms with Crippen LogP contribution < -0.4 is 10.5 Å². The zero-order chi connectivity index (χ0) is 15.8. The molecule has 4 nitrogen and oxygen atoms in total. The van der Waals surface area contributed by atoms with Gasteiger partial charge < -0.3 is 5.73 Å².